The minimum Gasteiger partial charge on any atom is -0.481 e. The Morgan fingerprint density at radius 3 is 2.38 bits per heavy atom. The van der Waals surface area contributed by atoms with E-state index < -0.39 is 5.97 Å². The van der Waals surface area contributed by atoms with E-state index in [9.17, 15) is 4.79 Å². The Balaban J connectivity index is 1.69. The highest BCUT2D eigenvalue weighted by atomic mass is 16.4. The molecule has 0 amide bonds. The van der Waals surface area contributed by atoms with Crippen molar-refractivity contribution in [2.75, 3.05) is 32.7 Å². The van der Waals surface area contributed by atoms with Crippen LogP contribution in [0.5, 0.6) is 0 Å². The lowest BCUT2D eigenvalue weighted by atomic mass is 10.2. The van der Waals surface area contributed by atoms with Crippen molar-refractivity contribution in [2.24, 2.45) is 11.8 Å². The molecule has 2 rings (SSSR count). The zero-order valence-corrected chi connectivity index (χ0v) is 10.2. The van der Waals surface area contributed by atoms with Gasteiger partial charge >= 0.3 is 5.97 Å². The average Bonchev–Trinajstić information content (AvgIpc) is 2.98. The van der Waals surface area contributed by atoms with E-state index in [0.29, 0.717) is 12.0 Å². The molecule has 1 heterocycles. The smallest absolute Gasteiger partial charge is 0.306 e. The highest BCUT2D eigenvalue weighted by molar-refractivity contribution is 5.73. The van der Waals surface area contributed by atoms with Crippen LogP contribution in [0.1, 0.15) is 20.3 Å². The Labute approximate surface area is 97.2 Å². The van der Waals surface area contributed by atoms with Gasteiger partial charge in [0.25, 0.3) is 0 Å². The van der Waals surface area contributed by atoms with Gasteiger partial charge in [0.1, 0.15) is 0 Å². The highest BCUT2D eigenvalue weighted by Crippen LogP contribution is 2.39. The molecule has 2 fully saturated rings. The van der Waals surface area contributed by atoms with E-state index in [-0.39, 0.29) is 5.92 Å². The molecule has 1 N–H and O–H groups in total. The standard InChI is InChI=1S/C12H22N2O2/c1-9(2)14-5-3-13(4-6-14)8-10-7-11(10)12(15)16/h9-11H,3-8H2,1-2H3,(H,15,16). The Morgan fingerprint density at radius 1 is 1.31 bits per heavy atom. The summed E-state index contributed by atoms with van der Waals surface area (Å²) in [6.45, 7) is 9.91. The van der Waals surface area contributed by atoms with Gasteiger partial charge < -0.3 is 10.0 Å². The second-order valence-electron chi connectivity index (χ2n) is 5.37. The van der Waals surface area contributed by atoms with Gasteiger partial charge in [-0.3, -0.25) is 9.69 Å². The summed E-state index contributed by atoms with van der Waals surface area (Å²) in [6, 6.07) is 0.634. The molecule has 0 bridgehead atoms. The fourth-order valence-corrected chi connectivity index (χ4v) is 2.55. The first-order chi connectivity index (χ1) is 7.58. The van der Waals surface area contributed by atoms with E-state index in [2.05, 4.69) is 23.6 Å². The molecular formula is C12H22N2O2. The summed E-state index contributed by atoms with van der Waals surface area (Å²) >= 11 is 0. The normalized spacial score (nSPS) is 31.9. The molecule has 0 aromatic carbocycles. The van der Waals surface area contributed by atoms with Gasteiger partial charge in [-0.1, -0.05) is 0 Å². The number of rotatable bonds is 4. The lowest BCUT2D eigenvalue weighted by Crippen LogP contribution is -2.49. The lowest BCUT2D eigenvalue weighted by molar-refractivity contribution is -0.138. The number of hydrogen-bond acceptors (Lipinski definition) is 3. The van der Waals surface area contributed by atoms with E-state index in [0.717, 1.165) is 39.1 Å². The molecule has 1 saturated heterocycles. The van der Waals surface area contributed by atoms with Gasteiger partial charge in [0.2, 0.25) is 0 Å². The number of aliphatic carboxylic acids is 1. The van der Waals surface area contributed by atoms with Crippen LogP contribution < -0.4 is 0 Å². The largest absolute Gasteiger partial charge is 0.481 e. The van der Waals surface area contributed by atoms with E-state index in [1.54, 1.807) is 0 Å². The predicted octanol–water partition coefficient (Wildman–Crippen LogP) is 0.733. The first kappa shape index (κ1) is 11.9. The van der Waals surface area contributed by atoms with Crippen LogP contribution in [0.2, 0.25) is 0 Å². The van der Waals surface area contributed by atoms with Crippen molar-refractivity contribution in [3.8, 4) is 0 Å². The van der Waals surface area contributed by atoms with Crippen molar-refractivity contribution in [3.63, 3.8) is 0 Å². The summed E-state index contributed by atoms with van der Waals surface area (Å²) in [5, 5.41) is 8.84. The van der Waals surface area contributed by atoms with E-state index >= 15 is 0 Å². The molecule has 16 heavy (non-hydrogen) atoms. The number of hydrogen-bond donors (Lipinski definition) is 1. The van der Waals surface area contributed by atoms with Crippen LogP contribution >= 0.6 is 0 Å². The summed E-state index contributed by atoms with van der Waals surface area (Å²) in [5.41, 5.74) is 0. The molecule has 0 aromatic rings. The summed E-state index contributed by atoms with van der Waals surface area (Å²) < 4.78 is 0. The molecule has 1 aliphatic carbocycles. The first-order valence-corrected chi connectivity index (χ1v) is 6.27. The van der Waals surface area contributed by atoms with Gasteiger partial charge in [-0.2, -0.15) is 0 Å². The molecule has 2 unspecified atom stereocenters. The maximum atomic E-state index is 10.7. The Bertz CT molecular complexity index is 260. The lowest BCUT2D eigenvalue weighted by Gasteiger charge is -2.37. The minimum absolute atomic E-state index is 0.0527. The number of piperazine rings is 1. The van der Waals surface area contributed by atoms with Gasteiger partial charge in [-0.05, 0) is 26.2 Å². The Kier molecular flexibility index (Phi) is 3.50. The topological polar surface area (TPSA) is 43.8 Å². The van der Waals surface area contributed by atoms with Crippen LogP contribution in [-0.4, -0.2) is 59.6 Å². The number of carbonyl (C=O) groups is 1. The van der Waals surface area contributed by atoms with Crippen molar-refractivity contribution in [1.29, 1.82) is 0 Å². The van der Waals surface area contributed by atoms with Crippen LogP contribution in [0.25, 0.3) is 0 Å². The molecule has 4 heteroatoms. The van der Waals surface area contributed by atoms with Gasteiger partial charge in [-0.25, -0.2) is 0 Å². The molecule has 2 aliphatic rings. The zero-order chi connectivity index (χ0) is 11.7. The molecule has 0 radical (unpaired) electrons. The third-order valence-electron chi connectivity index (χ3n) is 3.87. The van der Waals surface area contributed by atoms with Crippen molar-refractivity contribution in [2.45, 2.75) is 26.3 Å². The fraction of sp³-hybridized carbons (Fsp3) is 0.917. The fourth-order valence-electron chi connectivity index (χ4n) is 2.55. The maximum Gasteiger partial charge on any atom is 0.306 e. The summed E-state index contributed by atoms with van der Waals surface area (Å²) in [5.74, 6) is -0.239. The molecule has 0 spiro atoms. The molecule has 1 saturated carbocycles. The Hall–Kier alpha value is -0.610. The quantitative estimate of drug-likeness (QED) is 0.767. The van der Waals surface area contributed by atoms with Crippen LogP contribution in [0.4, 0.5) is 0 Å². The van der Waals surface area contributed by atoms with Crippen molar-refractivity contribution < 1.29 is 9.90 Å². The van der Waals surface area contributed by atoms with Gasteiger partial charge in [0.15, 0.2) is 0 Å². The average molecular weight is 226 g/mol. The monoisotopic (exact) mass is 226 g/mol. The molecule has 92 valence electrons. The number of carboxylic acids is 1. The van der Waals surface area contributed by atoms with Crippen LogP contribution in [0.3, 0.4) is 0 Å². The molecular weight excluding hydrogens is 204 g/mol. The van der Waals surface area contributed by atoms with Crippen molar-refractivity contribution >= 4 is 5.97 Å². The number of nitrogens with zero attached hydrogens (tertiary/aromatic N) is 2. The molecule has 0 aromatic heterocycles. The van der Waals surface area contributed by atoms with Crippen LogP contribution in [0, 0.1) is 11.8 Å². The minimum atomic E-state index is -0.606. The van der Waals surface area contributed by atoms with Gasteiger partial charge in [-0.15, -0.1) is 0 Å². The van der Waals surface area contributed by atoms with E-state index in [1.165, 1.54) is 0 Å². The zero-order valence-electron chi connectivity index (χ0n) is 10.2. The molecule has 1 aliphatic heterocycles. The molecule has 4 nitrogen and oxygen atoms in total. The second kappa shape index (κ2) is 4.72. The van der Waals surface area contributed by atoms with Gasteiger partial charge in [0, 0.05) is 38.8 Å². The maximum absolute atomic E-state index is 10.7. The van der Waals surface area contributed by atoms with Crippen molar-refractivity contribution in [3.05, 3.63) is 0 Å². The second-order valence-corrected chi connectivity index (χ2v) is 5.37. The highest BCUT2D eigenvalue weighted by Gasteiger charge is 2.43. The predicted molar refractivity (Wildman–Crippen MR) is 62.4 cm³/mol. The third-order valence-corrected chi connectivity index (χ3v) is 3.87. The SMILES string of the molecule is CC(C)N1CCN(CC2CC2C(=O)O)CC1. The number of carboxylic acid groups (broad SMARTS) is 1. The third kappa shape index (κ3) is 2.74. The molecule has 2 atom stereocenters. The first-order valence-electron chi connectivity index (χ1n) is 6.27. The summed E-state index contributed by atoms with van der Waals surface area (Å²) in [7, 11) is 0. The summed E-state index contributed by atoms with van der Waals surface area (Å²) in [6.07, 6.45) is 0.889. The van der Waals surface area contributed by atoms with E-state index in [4.69, 9.17) is 5.11 Å². The Morgan fingerprint density at radius 2 is 1.94 bits per heavy atom. The van der Waals surface area contributed by atoms with Crippen molar-refractivity contribution in [1.82, 2.24) is 9.80 Å². The van der Waals surface area contributed by atoms with Gasteiger partial charge in [0.05, 0.1) is 5.92 Å². The van der Waals surface area contributed by atoms with E-state index in [1.807, 2.05) is 0 Å². The van der Waals surface area contributed by atoms with Crippen LogP contribution in [0.15, 0.2) is 0 Å². The summed E-state index contributed by atoms with van der Waals surface area (Å²) in [4.78, 5) is 15.6. The van der Waals surface area contributed by atoms with Crippen LogP contribution in [-0.2, 0) is 4.79 Å².